The summed E-state index contributed by atoms with van der Waals surface area (Å²) in [7, 11) is 0. The Hall–Kier alpha value is -0.780. The number of carbonyl (C=O) groups excluding carboxylic acids is 1. The molecule has 1 fully saturated rings. The van der Waals surface area contributed by atoms with E-state index in [4.69, 9.17) is 4.74 Å². The average molecular weight is 296 g/mol. The smallest absolute Gasteiger partial charge is 0.165 e. The maximum Gasteiger partial charge on any atom is 0.165 e. The largest absolute Gasteiger partial charge is 0.370 e. The quantitative estimate of drug-likeness (QED) is 0.906. The summed E-state index contributed by atoms with van der Waals surface area (Å²) in [5.41, 5.74) is 1.10. The number of piperidine rings is 1. The number of carbonyl (C=O) groups is 1. The zero-order valence-electron chi connectivity index (χ0n) is 12.6. The Morgan fingerprint density at radius 1 is 1.45 bits per heavy atom. The van der Waals surface area contributed by atoms with Crippen LogP contribution in [-0.4, -0.2) is 36.6 Å². The molecular weight excluding hydrogens is 272 g/mol. The van der Waals surface area contributed by atoms with Crippen LogP contribution >= 0.6 is 11.3 Å². The number of thiazole rings is 1. The van der Waals surface area contributed by atoms with Crippen LogP contribution in [-0.2, 0) is 21.4 Å². The molecule has 0 unspecified atom stereocenters. The maximum atomic E-state index is 11.9. The highest BCUT2D eigenvalue weighted by molar-refractivity contribution is 7.09. The monoisotopic (exact) mass is 296 g/mol. The topological polar surface area (TPSA) is 51.2 Å². The first-order valence-electron chi connectivity index (χ1n) is 7.24. The van der Waals surface area contributed by atoms with Crippen LogP contribution in [0.5, 0.6) is 0 Å². The molecule has 0 amide bonds. The van der Waals surface area contributed by atoms with Crippen molar-refractivity contribution in [3.8, 4) is 0 Å². The Balaban J connectivity index is 1.77. The van der Waals surface area contributed by atoms with Gasteiger partial charge in [0.25, 0.3) is 0 Å². The summed E-state index contributed by atoms with van der Waals surface area (Å²) in [6.07, 6.45) is 2.63. The van der Waals surface area contributed by atoms with Crippen molar-refractivity contribution in [1.29, 1.82) is 0 Å². The Bertz CT molecular complexity index is 445. The highest BCUT2D eigenvalue weighted by Gasteiger charge is 2.19. The highest BCUT2D eigenvalue weighted by Crippen LogP contribution is 2.24. The van der Waals surface area contributed by atoms with Gasteiger partial charge in [0.1, 0.15) is 11.6 Å². The molecular formula is C15H24N2O2S. The molecule has 1 N–H and O–H groups in total. The van der Waals surface area contributed by atoms with Crippen molar-refractivity contribution in [1.82, 2.24) is 10.3 Å². The van der Waals surface area contributed by atoms with E-state index < -0.39 is 0 Å². The van der Waals surface area contributed by atoms with E-state index in [0.717, 1.165) is 36.6 Å². The molecule has 1 aliphatic rings. The standard InChI is InChI=1S/C15H24N2O2S/c1-15(2,3)13-10-20-14(17-13)8-11(18)9-19-12-4-6-16-7-5-12/h10,12,16H,4-9H2,1-3H3. The van der Waals surface area contributed by atoms with Gasteiger partial charge in [-0.15, -0.1) is 11.3 Å². The van der Waals surface area contributed by atoms with Crippen molar-refractivity contribution in [2.45, 2.75) is 51.6 Å². The van der Waals surface area contributed by atoms with Gasteiger partial charge in [0.15, 0.2) is 5.78 Å². The Labute approximate surface area is 124 Å². The van der Waals surface area contributed by atoms with E-state index >= 15 is 0 Å². The van der Waals surface area contributed by atoms with Crippen LogP contribution in [0.15, 0.2) is 5.38 Å². The predicted molar refractivity (Wildman–Crippen MR) is 81.4 cm³/mol. The first-order valence-corrected chi connectivity index (χ1v) is 8.12. The van der Waals surface area contributed by atoms with Gasteiger partial charge in [-0.25, -0.2) is 4.98 Å². The lowest BCUT2D eigenvalue weighted by Gasteiger charge is -2.22. The number of hydrogen-bond acceptors (Lipinski definition) is 5. The molecule has 1 saturated heterocycles. The van der Waals surface area contributed by atoms with Crippen LogP contribution in [0.4, 0.5) is 0 Å². The number of nitrogens with one attached hydrogen (secondary N) is 1. The number of aromatic nitrogens is 1. The number of rotatable bonds is 5. The van der Waals surface area contributed by atoms with Crippen LogP contribution in [0.2, 0.25) is 0 Å². The summed E-state index contributed by atoms with van der Waals surface area (Å²) in [5, 5.41) is 6.23. The molecule has 0 saturated carbocycles. The second kappa shape index (κ2) is 6.78. The van der Waals surface area contributed by atoms with Gasteiger partial charge in [0.05, 0.1) is 18.2 Å². The number of ether oxygens (including phenoxy) is 1. The van der Waals surface area contributed by atoms with E-state index in [0.29, 0.717) is 6.42 Å². The maximum absolute atomic E-state index is 11.9. The molecule has 2 heterocycles. The molecule has 4 nitrogen and oxygen atoms in total. The lowest BCUT2D eigenvalue weighted by atomic mass is 9.93. The molecule has 0 bridgehead atoms. The van der Waals surface area contributed by atoms with Crippen molar-refractivity contribution in [3.05, 3.63) is 16.1 Å². The first kappa shape index (κ1) is 15.6. The molecule has 0 spiro atoms. The minimum absolute atomic E-state index is 0.0450. The fourth-order valence-corrected chi connectivity index (χ4v) is 3.18. The van der Waals surface area contributed by atoms with Crippen molar-refractivity contribution in [3.63, 3.8) is 0 Å². The third-order valence-corrected chi connectivity index (χ3v) is 4.28. The predicted octanol–water partition coefficient (Wildman–Crippen LogP) is 2.32. The average Bonchev–Trinajstić information content (AvgIpc) is 2.86. The molecule has 112 valence electrons. The summed E-state index contributed by atoms with van der Waals surface area (Å²) in [4.78, 5) is 16.5. The Kier molecular flexibility index (Phi) is 5.29. The zero-order valence-corrected chi connectivity index (χ0v) is 13.4. The third kappa shape index (κ3) is 4.65. The van der Waals surface area contributed by atoms with Gasteiger partial charge in [-0.2, -0.15) is 0 Å². The van der Waals surface area contributed by atoms with Crippen molar-refractivity contribution >= 4 is 17.1 Å². The fraction of sp³-hybridized carbons (Fsp3) is 0.733. The van der Waals surface area contributed by atoms with E-state index in [1.165, 1.54) is 0 Å². The second-order valence-electron chi connectivity index (χ2n) is 6.35. The summed E-state index contributed by atoms with van der Waals surface area (Å²) in [5.74, 6) is 0.123. The van der Waals surface area contributed by atoms with Crippen molar-refractivity contribution in [2.24, 2.45) is 0 Å². The van der Waals surface area contributed by atoms with Crippen LogP contribution in [0, 0.1) is 0 Å². The second-order valence-corrected chi connectivity index (χ2v) is 7.29. The number of nitrogens with zero attached hydrogens (tertiary/aromatic N) is 1. The summed E-state index contributed by atoms with van der Waals surface area (Å²) in [6, 6.07) is 0. The van der Waals surface area contributed by atoms with Gasteiger partial charge in [0.2, 0.25) is 0 Å². The zero-order chi connectivity index (χ0) is 14.6. The molecule has 0 aromatic carbocycles. The van der Waals surface area contributed by atoms with Crippen LogP contribution in [0.1, 0.15) is 44.3 Å². The van der Waals surface area contributed by atoms with E-state index in [9.17, 15) is 4.79 Å². The minimum atomic E-state index is 0.0450. The van der Waals surface area contributed by atoms with Crippen molar-refractivity contribution < 1.29 is 9.53 Å². The van der Waals surface area contributed by atoms with Crippen molar-refractivity contribution in [2.75, 3.05) is 19.7 Å². The number of ketones is 1. The normalized spacial score (nSPS) is 17.4. The van der Waals surface area contributed by atoms with E-state index in [1.807, 2.05) is 0 Å². The molecule has 1 aliphatic heterocycles. The molecule has 5 heteroatoms. The molecule has 20 heavy (non-hydrogen) atoms. The first-order chi connectivity index (χ1) is 9.45. The lowest BCUT2D eigenvalue weighted by Crippen LogP contribution is -2.33. The Morgan fingerprint density at radius 3 is 2.75 bits per heavy atom. The molecule has 0 aliphatic carbocycles. The summed E-state index contributed by atoms with van der Waals surface area (Å²) < 4.78 is 5.68. The molecule has 0 radical (unpaired) electrons. The van der Waals surface area contributed by atoms with E-state index in [-0.39, 0.29) is 23.9 Å². The molecule has 1 aromatic rings. The van der Waals surface area contributed by atoms with Crippen LogP contribution in [0.25, 0.3) is 0 Å². The van der Waals surface area contributed by atoms with E-state index in [2.05, 4.69) is 36.5 Å². The molecule has 0 atom stereocenters. The lowest BCUT2D eigenvalue weighted by molar-refractivity contribution is -0.125. The fourth-order valence-electron chi connectivity index (χ4n) is 2.13. The van der Waals surface area contributed by atoms with Gasteiger partial charge < -0.3 is 10.1 Å². The van der Waals surface area contributed by atoms with Gasteiger partial charge in [0, 0.05) is 10.8 Å². The third-order valence-electron chi connectivity index (χ3n) is 3.43. The summed E-state index contributed by atoms with van der Waals surface area (Å²) >= 11 is 1.57. The number of Topliss-reactive ketones (excluding diaryl/α,β-unsaturated/α-hetero) is 1. The van der Waals surface area contributed by atoms with E-state index in [1.54, 1.807) is 11.3 Å². The van der Waals surface area contributed by atoms with Gasteiger partial charge in [-0.05, 0) is 25.9 Å². The SMILES string of the molecule is CC(C)(C)c1csc(CC(=O)COC2CCNCC2)n1. The van der Waals surface area contributed by atoms with Crippen LogP contribution in [0.3, 0.4) is 0 Å². The highest BCUT2D eigenvalue weighted by atomic mass is 32.1. The van der Waals surface area contributed by atoms with Gasteiger partial charge in [-0.3, -0.25) is 4.79 Å². The summed E-state index contributed by atoms with van der Waals surface area (Å²) in [6.45, 7) is 8.59. The van der Waals surface area contributed by atoms with Gasteiger partial charge >= 0.3 is 0 Å². The van der Waals surface area contributed by atoms with Crippen LogP contribution < -0.4 is 5.32 Å². The minimum Gasteiger partial charge on any atom is -0.370 e. The van der Waals surface area contributed by atoms with Gasteiger partial charge in [-0.1, -0.05) is 20.8 Å². The Morgan fingerprint density at radius 2 is 2.15 bits per heavy atom. The molecule has 1 aromatic heterocycles. The number of hydrogen-bond donors (Lipinski definition) is 1. The molecule has 2 rings (SSSR count).